The molecule has 0 aliphatic rings. The number of nitrogens with one attached hydrogen (secondary N) is 1. The highest BCUT2D eigenvalue weighted by molar-refractivity contribution is 5.53. The van der Waals surface area contributed by atoms with Gasteiger partial charge in [-0.05, 0) is 44.9 Å². The maximum atomic E-state index is 4.29. The molecule has 0 aliphatic heterocycles. The average molecular weight is 244 g/mol. The van der Waals surface area contributed by atoms with Crippen molar-refractivity contribution in [2.45, 2.75) is 40.3 Å². The van der Waals surface area contributed by atoms with Gasteiger partial charge in [-0.2, -0.15) is 5.10 Å². The van der Waals surface area contributed by atoms with Crippen LogP contribution >= 0.6 is 0 Å². The van der Waals surface area contributed by atoms with Crippen LogP contribution in [0.2, 0.25) is 0 Å². The van der Waals surface area contributed by atoms with E-state index in [1.807, 2.05) is 4.68 Å². The van der Waals surface area contributed by atoms with Crippen LogP contribution in [0.1, 0.15) is 36.8 Å². The van der Waals surface area contributed by atoms with Crippen molar-refractivity contribution in [1.82, 2.24) is 14.8 Å². The predicted octanol–water partition coefficient (Wildman–Crippen LogP) is 3.09. The van der Waals surface area contributed by atoms with Crippen LogP contribution in [0.3, 0.4) is 0 Å². The monoisotopic (exact) mass is 244 g/mol. The van der Waals surface area contributed by atoms with Crippen LogP contribution in [0.4, 0.5) is 5.69 Å². The van der Waals surface area contributed by atoms with E-state index in [4.69, 9.17) is 0 Å². The topological polar surface area (TPSA) is 42.7 Å². The second-order valence-corrected chi connectivity index (χ2v) is 4.82. The summed E-state index contributed by atoms with van der Waals surface area (Å²) in [6.07, 6.45) is 1.61. The molecule has 1 heterocycles. The van der Waals surface area contributed by atoms with Crippen molar-refractivity contribution in [3.8, 4) is 0 Å². The summed E-state index contributed by atoms with van der Waals surface area (Å²) in [4.78, 5) is 4.29. The van der Waals surface area contributed by atoms with E-state index in [-0.39, 0.29) is 0 Å². The van der Waals surface area contributed by atoms with Gasteiger partial charge in [-0.15, -0.1) is 0 Å². The highest BCUT2D eigenvalue weighted by Gasteiger charge is 2.07. The number of anilines is 1. The van der Waals surface area contributed by atoms with Gasteiger partial charge >= 0.3 is 0 Å². The van der Waals surface area contributed by atoms with Crippen LogP contribution in [0, 0.1) is 13.8 Å². The van der Waals surface area contributed by atoms with E-state index in [9.17, 15) is 0 Å². The van der Waals surface area contributed by atoms with Crippen molar-refractivity contribution in [2.75, 3.05) is 5.32 Å². The molecule has 0 fully saturated rings. The van der Waals surface area contributed by atoms with Crippen molar-refractivity contribution >= 4 is 5.69 Å². The minimum absolute atomic E-state index is 0.336. The molecule has 0 aliphatic carbocycles. The van der Waals surface area contributed by atoms with E-state index in [0.29, 0.717) is 12.6 Å². The Hall–Kier alpha value is -1.84. The molecule has 0 atom stereocenters. The third-order valence-corrected chi connectivity index (χ3v) is 3.18. The summed E-state index contributed by atoms with van der Waals surface area (Å²) in [6.45, 7) is 9.16. The van der Waals surface area contributed by atoms with Crippen LogP contribution in [-0.4, -0.2) is 14.8 Å². The molecular weight excluding hydrogens is 224 g/mol. The fourth-order valence-corrected chi connectivity index (χ4v) is 1.95. The Morgan fingerprint density at radius 1 is 1.28 bits per heavy atom. The number of rotatable bonds is 4. The first-order valence-corrected chi connectivity index (χ1v) is 6.28. The Kier molecular flexibility index (Phi) is 3.65. The van der Waals surface area contributed by atoms with Crippen LogP contribution in [0.25, 0.3) is 0 Å². The summed E-state index contributed by atoms with van der Waals surface area (Å²) in [5.41, 5.74) is 3.74. The molecule has 0 saturated heterocycles. The summed E-state index contributed by atoms with van der Waals surface area (Å²) >= 11 is 0. The van der Waals surface area contributed by atoms with Crippen molar-refractivity contribution in [3.63, 3.8) is 0 Å². The molecule has 0 amide bonds. The number of benzene rings is 1. The van der Waals surface area contributed by atoms with Gasteiger partial charge < -0.3 is 5.32 Å². The summed E-state index contributed by atoms with van der Waals surface area (Å²) in [5, 5.41) is 7.66. The molecule has 1 aromatic carbocycles. The number of aromatic nitrogens is 3. The van der Waals surface area contributed by atoms with Crippen molar-refractivity contribution in [2.24, 2.45) is 0 Å². The van der Waals surface area contributed by atoms with Gasteiger partial charge in [0.25, 0.3) is 0 Å². The molecule has 4 heteroatoms. The molecule has 4 nitrogen and oxygen atoms in total. The Bertz CT molecular complexity index is 528. The fourth-order valence-electron chi connectivity index (χ4n) is 1.95. The predicted molar refractivity (Wildman–Crippen MR) is 73.6 cm³/mol. The molecule has 2 aromatic rings. The van der Waals surface area contributed by atoms with Gasteiger partial charge in [-0.25, -0.2) is 9.67 Å². The van der Waals surface area contributed by atoms with Crippen LogP contribution < -0.4 is 5.32 Å². The molecule has 96 valence electrons. The highest BCUT2D eigenvalue weighted by Crippen LogP contribution is 2.18. The molecule has 0 radical (unpaired) electrons. The van der Waals surface area contributed by atoms with E-state index >= 15 is 0 Å². The number of aryl methyl sites for hydroxylation is 1. The zero-order chi connectivity index (χ0) is 13.1. The van der Waals surface area contributed by atoms with E-state index in [1.165, 1.54) is 11.1 Å². The smallest absolute Gasteiger partial charge is 0.146 e. The lowest BCUT2D eigenvalue weighted by atomic mass is 10.1. The van der Waals surface area contributed by atoms with E-state index in [0.717, 1.165) is 11.5 Å². The lowest BCUT2D eigenvalue weighted by Crippen LogP contribution is -2.12. The standard InChI is InChI=1S/C14H20N4/c1-10(2)18-14(16-9-17-18)8-15-13-7-5-6-11(3)12(13)4/h5-7,9-10,15H,8H2,1-4H3. The summed E-state index contributed by atoms with van der Waals surface area (Å²) in [7, 11) is 0. The normalized spacial score (nSPS) is 10.9. The second-order valence-electron chi connectivity index (χ2n) is 4.82. The maximum Gasteiger partial charge on any atom is 0.146 e. The maximum absolute atomic E-state index is 4.29. The van der Waals surface area contributed by atoms with Gasteiger partial charge in [-0.1, -0.05) is 12.1 Å². The Balaban J connectivity index is 2.12. The zero-order valence-electron chi connectivity index (χ0n) is 11.4. The summed E-state index contributed by atoms with van der Waals surface area (Å²) in [5.74, 6) is 0.964. The van der Waals surface area contributed by atoms with Crippen molar-refractivity contribution in [3.05, 3.63) is 41.5 Å². The van der Waals surface area contributed by atoms with E-state index in [2.05, 4.69) is 61.3 Å². The molecular formula is C14H20N4. The first-order valence-electron chi connectivity index (χ1n) is 6.28. The Morgan fingerprint density at radius 2 is 2.06 bits per heavy atom. The average Bonchev–Trinajstić information content (AvgIpc) is 2.79. The van der Waals surface area contributed by atoms with E-state index < -0.39 is 0 Å². The lowest BCUT2D eigenvalue weighted by Gasteiger charge is -2.13. The van der Waals surface area contributed by atoms with Gasteiger partial charge in [-0.3, -0.25) is 0 Å². The highest BCUT2D eigenvalue weighted by atomic mass is 15.4. The number of hydrogen-bond donors (Lipinski definition) is 1. The molecule has 1 N–H and O–H groups in total. The van der Waals surface area contributed by atoms with Gasteiger partial charge in [0.05, 0.1) is 6.54 Å². The fraction of sp³-hybridized carbons (Fsp3) is 0.429. The first kappa shape index (κ1) is 12.6. The third-order valence-electron chi connectivity index (χ3n) is 3.18. The number of hydrogen-bond acceptors (Lipinski definition) is 3. The number of nitrogens with zero attached hydrogens (tertiary/aromatic N) is 3. The lowest BCUT2D eigenvalue weighted by molar-refractivity contribution is 0.509. The summed E-state index contributed by atoms with van der Waals surface area (Å²) in [6, 6.07) is 6.62. The van der Waals surface area contributed by atoms with E-state index in [1.54, 1.807) is 6.33 Å². The van der Waals surface area contributed by atoms with Crippen molar-refractivity contribution < 1.29 is 0 Å². The van der Waals surface area contributed by atoms with Crippen LogP contribution in [-0.2, 0) is 6.54 Å². The van der Waals surface area contributed by atoms with Gasteiger partial charge in [0.1, 0.15) is 12.2 Å². The van der Waals surface area contributed by atoms with Crippen LogP contribution in [0.15, 0.2) is 24.5 Å². The molecule has 1 aromatic heterocycles. The molecule has 0 spiro atoms. The van der Waals surface area contributed by atoms with Gasteiger partial charge in [0, 0.05) is 11.7 Å². The van der Waals surface area contributed by atoms with Gasteiger partial charge in [0.15, 0.2) is 0 Å². The third kappa shape index (κ3) is 2.53. The molecule has 0 bridgehead atoms. The largest absolute Gasteiger partial charge is 0.378 e. The minimum atomic E-state index is 0.336. The second kappa shape index (κ2) is 5.21. The first-order chi connectivity index (χ1) is 8.59. The Morgan fingerprint density at radius 3 is 2.78 bits per heavy atom. The quantitative estimate of drug-likeness (QED) is 0.898. The Labute approximate surface area is 108 Å². The molecule has 2 rings (SSSR count). The zero-order valence-corrected chi connectivity index (χ0v) is 11.4. The molecule has 0 saturated carbocycles. The SMILES string of the molecule is Cc1cccc(NCc2ncnn2C(C)C)c1C. The van der Waals surface area contributed by atoms with Crippen molar-refractivity contribution in [1.29, 1.82) is 0 Å². The molecule has 0 unspecified atom stereocenters. The minimum Gasteiger partial charge on any atom is -0.378 e. The van der Waals surface area contributed by atoms with Gasteiger partial charge in [0.2, 0.25) is 0 Å². The molecule has 18 heavy (non-hydrogen) atoms. The summed E-state index contributed by atoms with van der Waals surface area (Å²) < 4.78 is 1.94. The van der Waals surface area contributed by atoms with Crippen LogP contribution in [0.5, 0.6) is 0 Å².